The first-order valence-corrected chi connectivity index (χ1v) is 9.48. The average Bonchev–Trinajstić information content (AvgIpc) is 2.73. The Kier molecular flexibility index (Phi) is 8.84. The molecule has 1 aliphatic heterocycles. The van der Waals surface area contributed by atoms with Crippen LogP contribution in [0.15, 0.2) is 59.7 Å². The molecule has 1 aliphatic rings. The topological polar surface area (TPSA) is 43.8 Å². The van der Waals surface area contributed by atoms with Crippen molar-refractivity contribution in [1.29, 1.82) is 0 Å². The van der Waals surface area contributed by atoms with Gasteiger partial charge in [0.25, 0.3) is 0 Å². The molecular formula is C21H30IN5. The van der Waals surface area contributed by atoms with Crippen molar-refractivity contribution in [2.24, 2.45) is 4.99 Å². The minimum Gasteiger partial charge on any atom is -0.356 e. The number of aliphatic imine (C=N–C) groups is 1. The van der Waals surface area contributed by atoms with Crippen LogP contribution in [0.1, 0.15) is 24.8 Å². The number of hydrogen-bond acceptors (Lipinski definition) is 3. The number of benzene rings is 1. The van der Waals surface area contributed by atoms with Gasteiger partial charge in [0, 0.05) is 51.9 Å². The first kappa shape index (κ1) is 21.5. The Bertz CT molecular complexity index is 684. The van der Waals surface area contributed by atoms with Crippen molar-refractivity contribution in [3.63, 3.8) is 0 Å². The number of aromatic nitrogens is 1. The minimum atomic E-state index is 0. The van der Waals surface area contributed by atoms with Crippen LogP contribution >= 0.6 is 24.0 Å². The summed E-state index contributed by atoms with van der Waals surface area (Å²) in [5, 5.41) is 3.59. The van der Waals surface area contributed by atoms with Crippen LogP contribution in [0.5, 0.6) is 0 Å². The van der Waals surface area contributed by atoms with Gasteiger partial charge in [0.05, 0.1) is 0 Å². The maximum absolute atomic E-state index is 4.51. The van der Waals surface area contributed by atoms with Crippen molar-refractivity contribution in [1.82, 2.24) is 15.2 Å². The molecule has 5 nitrogen and oxygen atoms in total. The Morgan fingerprint density at radius 2 is 1.78 bits per heavy atom. The number of pyridine rings is 1. The van der Waals surface area contributed by atoms with Gasteiger partial charge in [-0.25, -0.2) is 4.98 Å². The van der Waals surface area contributed by atoms with Crippen molar-refractivity contribution in [2.45, 2.75) is 19.3 Å². The first-order chi connectivity index (χ1) is 12.8. The monoisotopic (exact) mass is 479 g/mol. The van der Waals surface area contributed by atoms with Gasteiger partial charge in [-0.05, 0) is 24.1 Å². The molecule has 1 aromatic carbocycles. The SMILES string of the molecule is CCC(CNC(=NC)N1CCN(c2ccccn2)CC1)c1ccccc1.I. The number of nitrogens with zero attached hydrogens (tertiary/aromatic N) is 4. The Balaban J connectivity index is 0.00000261. The van der Waals surface area contributed by atoms with E-state index in [0.717, 1.165) is 50.9 Å². The molecule has 1 aromatic heterocycles. The number of hydrogen-bond donors (Lipinski definition) is 1. The van der Waals surface area contributed by atoms with Gasteiger partial charge in [0.1, 0.15) is 5.82 Å². The number of nitrogens with one attached hydrogen (secondary N) is 1. The molecule has 0 radical (unpaired) electrons. The normalized spacial score (nSPS) is 15.9. The Morgan fingerprint density at radius 1 is 1.07 bits per heavy atom. The van der Waals surface area contributed by atoms with E-state index < -0.39 is 0 Å². The third-order valence-electron chi connectivity index (χ3n) is 5.03. The zero-order valence-electron chi connectivity index (χ0n) is 16.2. The standard InChI is InChI=1S/C21H29N5.HI/c1-3-18(19-9-5-4-6-10-19)17-24-21(22-2)26-15-13-25(14-16-26)20-11-7-8-12-23-20;/h4-12,18H,3,13-17H2,1-2H3,(H,22,24);1H. The summed E-state index contributed by atoms with van der Waals surface area (Å²) in [7, 11) is 1.87. The predicted molar refractivity (Wildman–Crippen MR) is 124 cm³/mol. The van der Waals surface area contributed by atoms with E-state index in [0.29, 0.717) is 5.92 Å². The Labute approximate surface area is 179 Å². The molecule has 146 valence electrons. The van der Waals surface area contributed by atoms with E-state index in [1.54, 1.807) is 0 Å². The summed E-state index contributed by atoms with van der Waals surface area (Å²) < 4.78 is 0. The highest BCUT2D eigenvalue weighted by atomic mass is 127. The molecule has 1 saturated heterocycles. The lowest BCUT2D eigenvalue weighted by atomic mass is 9.96. The molecule has 27 heavy (non-hydrogen) atoms. The summed E-state index contributed by atoms with van der Waals surface area (Å²) in [6, 6.07) is 16.8. The largest absolute Gasteiger partial charge is 0.356 e. The van der Waals surface area contributed by atoms with E-state index in [-0.39, 0.29) is 24.0 Å². The second-order valence-electron chi connectivity index (χ2n) is 6.61. The molecule has 0 amide bonds. The van der Waals surface area contributed by atoms with Crippen LogP contribution in [-0.4, -0.2) is 55.6 Å². The summed E-state index contributed by atoms with van der Waals surface area (Å²) in [6.07, 6.45) is 2.97. The average molecular weight is 479 g/mol. The van der Waals surface area contributed by atoms with Crippen LogP contribution < -0.4 is 10.2 Å². The van der Waals surface area contributed by atoms with Crippen molar-refractivity contribution in [2.75, 3.05) is 44.7 Å². The predicted octanol–water partition coefficient (Wildman–Crippen LogP) is 3.59. The summed E-state index contributed by atoms with van der Waals surface area (Å²) in [5.41, 5.74) is 1.39. The summed E-state index contributed by atoms with van der Waals surface area (Å²) in [5.74, 6) is 2.56. The molecular weight excluding hydrogens is 449 g/mol. The van der Waals surface area contributed by atoms with E-state index in [1.165, 1.54) is 5.56 Å². The van der Waals surface area contributed by atoms with Crippen molar-refractivity contribution in [3.05, 3.63) is 60.3 Å². The van der Waals surface area contributed by atoms with Crippen molar-refractivity contribution >= 4 is 35.8 Å². The molecule has 0 bridgehead atoms. The molecule has 1 N–H and O–H groups in total. The summed E-state index contributed by atoms with van der Waals surface area (Å²) in [6.45, 7) is 7.00. The molecule has 2 heterocycles. The zero-order chi connectivity index (χ0) is 18.2. The Hall–Kier alpha value is -1.83. The molecule has 0 spiro atoms. The lowest BCUT2D eigenvalue weighted by molar-refractivity contribution is 0.370. The number of halogens is 1. The lowest BCUT2D eigenvalue weighted by Crippen LogP contribution is -2.53. The maximum atomic E-state index is 4.51. The van der Waals surface area contributed by atoms with E-state index in [2.05, 4.69) is 68.4 Å². The van der Waals surface area contributed by atoms with Crippen LogP contribution in [0.2, 0.25) is 0 Å². The summed E-state index contributed by atoms with van der Waals surface area (Å²) in [4.78, 5) is 13.6. The highest BCUT2D eigenvalue weighted by molar-refractivity contribution is 14.0. The van der Waals surface area contributed by atoms with Crippen LogP contribution in [-0.2, 0) is 0 Å². The number of piperazine rings is 1. The highest BCUT2D eigenvalue weighted by Crippen LogP contribution is 2.18. The third-order valence-corrected chi connectivity index (χ3v) is 5.03. The van der Waals surface area contributed by atoms with Gasteiger partial charge in [0.15, 0.2) is 5.96 Å². The highest BCUT2D eigenvalue weighted by Gasteiger charge is 2.21. The number of anilines is 1. The summed E-state index contributed by atoms with van der Waals surface area (Å²) >= 11 is 0. The quantitative estimate of drug-likeness (QED) is 0.405. The number of guanidine groups is 1. The molecule has 6 heteroatoms. The molecule has 1 unspecified atom stereocenters. The van der Waals surface area contributed by atoms with Crippen LogP contribution in [0.25, 0.3) is 0 Å². The minimum absolute atomic E-state index is 0. The maximum Gasteiger partial charge on any atom is 0.193 e. The second kappa shape index (κ2) is 11.1. The van der Waals surface area contributed by atoms with E-state index in [4.69, 9.17) is 0 Å². The van der Waals surface area contributed by atoms with Crippen LogP contribution in [0, 0.1) is 0 Å². The van der Waals surface area contributed by atoms with Crippen LogP contribution in [0.3, 0.4) is 0 Å². The fraction of sp³-hybridized carbons (Fsp3) is 0.429. The van der Waals surface area contributed by atoms with Gasteiger partial charge in [-0.3, -0.25) is 4.99 Å². The zero-order valence-corrected chi connectivity index (χ0v) is 18.5. The van der Waals surface area contributed by atoms with Crippen molar-refractivity contribution in [3.8, 4) is 0 Å². The lowest BCUT2D eigenvalue weighted by Gasteiger charge is -2.37. The van der Waals surface area contributed by atoms with Gasteiger partial charge in [-0.15, -0.1) is 24.0 Å². The van der Waals surface area contributed by atoms with Gasteiger partial charge in [0.2, 0.25) is 0 Å². The van der Waals surface area contributed by atoms with E-state index in [1.807, 2.05) is 25.4 Å². The molecule has 2 aromatic rings. The smallest absolute Gasteiger partial charge is 0.193 e. The van der Waals surface area contributed by atoms with Gasteiger partial charge in [-0.1, -0.05) is 43.3 Å². The third kappa shape index (κ3) is 5.82. The number of rotatable bonds is 5. The second-order valence-corrected chi connectivity index (χ2v) is 6.61. The molecule has 0 saturated carbocycles. The van der Waals surface area contributed by atoms with Crippen molar-refractivity contribution < 1.29 is 0 Å². The molecule has 3 rings (SSSR count). The fourth-order valence-corrected chi connectivity index (χ4v) is 3.46. The van der Waals surface area contributed by atoms with E-state index >= 15 is 0 Å². The van der Waals surface area contributed by atoms with Gasteiger partial charge in [-0.2, -0.15) is 0 Å². The first-order valence-electron chi connectivity index (χ1n) is 9.48. The molecule has 1 fully saturated rings. The van der Waals surface area contributed by atoms with Gasteiger partial charge >= 0.3 is 0 Å². The van der Waals surface area contributed by atoms with Crippen LogP contribution in [0.4, 0.5) is 5.82 Å². The van der Waals surface area contributed by atoms with E-state index in [9.17, 15) is 0 Å². The molecule has 0 aliphatic carbocycles. The Morgan fingerprint density at radius 3 is 2.37 bits per heavy atom. The van der Waals surface area contributed by atoms with Gasteiger partial charge < -0.3 is 15.1 Å². The fourth-order valence-electron chi connectivity index (χ4n) is 3.46. The molecule has 1 atom stereocenters.